The number of hydrogen-bond acceptors (Lipinski definition) is 7. The molecule has 0 aromatic heterocycles. The molecule has 0 fully saturated rings. The van der Waals surface area contributed by atoms with Gasteiger partial charge in [0.1, 0.15) is 12.2 Å². The highest BCUT2D eigenvalue weighted by Crippen LogP contribution is 2.12. The van der Waals surface area contributed by atoms with E-state index < -0.39 is 17.8 Å². The number of ether oxygens (including phenoxy) is 3. The number of alkyl carbamates (subject to hydrolysis) is 1. The quantitative estimate of drug-likeness (QED) is 0.162. The molecule has 9 heteroatoms. The van der Waals surface area contributed by atoms with Crippen LogP contribution in [0.3, 0.4) is 0 Å². The van der Waals surface area contributed by atoms with Crippen molar-refractivity contribution in [2.75, 3.05) is 32.1 Å². The van der Waals surface area contributed by atoms with Gasteiger partial charge in [0.15, 0.2) is 0 Å². The van der Waals surface area contributed by atoms with Gasteiger partial charge >= 0.3 is 12.2 Å². The van der Waals surface area contributed by atoms with Crippen molar-refractivity contribution in [3.05, 3.63) is 29.8 Å². The Labute approximate surface area is 222 Å². The molecule has 210 valence electrons. The summed E-state index contributed by atoms with van der Waals surface area (Å²) in [4.78, 5) is 35.0. The molecule has 1 aromatic carbocycles. The van der Waals surface area contributed by atoms with Crippen molar-refractivity contribution >= 4 is 23.8 Å². The lowest BCUT2D eigenvalue weighted by molar-refractivity contribution is -0.121. The molecule has 0 aliphatic rings. The fraction of sp³-hybridized carbons (Fsp3) is 0.679. The van der Waals surface area contributed by atoms with E-state index in [0.29, 0.717) is 26.1 Å². The van der Waals surface area contributed by atoms with Crippen molar-refractivity contribution in [1.29, 1.82) is 0 Å². The number of unbranched alkanes of at least 4 members (excludes halogenated alkanes) is 8. The molecule has 0 saturated heterocycles. The zero-order chi connectivity index (χ0) is 27.4. The molecule has 37 heavy (non-hydrogen) atoms. The van der Waals surface area contributed by atoms with Crippen molar-refractivity contribution in [3.8, 4) is 0 Å². The minimum Gasteiger partial charge on any atom is -0.444 e. The van der Waals surface area contributed by atoms with Crippen LogP contribution in [0.2, 0.25) is 0 Å². The Hall–Kier alpha value is -2.97. The van der Waals surface area contributed by atoms with Crippen molar-refractivity contribution in [2.24, 2.45) is 0 Å². The predicted octanol–water partition coefficient (Wildman–Crippen LogP) is 5.92. The van der Waals surface area contributed by atoms with Crippen LogP contribution >= 0.6 is 0 Å². The minimum atomic E-state index is -0.621. The Bertz CT molecular complexity index is 777. The van der Waals surface area contributed by atoms with E-state index in [0.717, 1.165) is 56.2 Å². The number of amides is 2. The van der Waals surface area contributed by atoms with E-state index in [1.54, 1.807) is 20.8 Å². The molecule has 0 aliphatic heterocycles. The number of benzene rings is 1. The lowest BCUT2D eigenvalue weighted by Crippen LogP contribution is -2.37. The maximum absolute atomic E-state index is 11.8. The second-order valence-corrected chi connectivity index (χ2v) is 10.0. The summed E-state index contributed by atoms with van der Waals surface area (Å²) in [6.07, 6.45) is 8.96. The maximum Gasteiger partial charge on any atom is 0.508 e. The van der Waals surface area contributed by atoms with Crippen LogP contribution in [0.15, 0.2) is 24.3 Å². The summed E-state index contributed by atoms with van der Waals surface area (Å²) in [6.45, 7) is 6.76. The van der Waals surface area contributed by atoms with Gasteiger partial charge in [0.25, 0.3) is 0 Å². The smallest absolute Gasteiger partial charge is 0.444 e. The number of anilines is 1. The first-order chi connectivity index (χ1) is 17.7. The number of hydrogen-bond donors (Lipinski definition) is 3. The first-order valence-corrected chi connectivity index (χ1v) is 13.5. The average Bonchev–Trinajstić information content (AvgIpc) is 2.85. The normalized spacial score (nSPS) is 10.9. The third-order valence-electron chi connectivity index (χ3n) is 5.48. The van der Waals surface area contributed by atoms with Crippen molar-refractivity contribution in [1.82, 2.24) is 10.6 Å². The highest BCUT2D eigenvalue weighted by molar-refractivity contribution is 5.75. The molecular formula is C28H47N3O6. The third-order valence-corrected chi connectivity index (χ3v) is 5.48. The molecule has 0 atom stereocenters. The molecule has 1 rings (SSSR count). The third kappa shape index (κ3) is 18.9. The zero-order valence-corrected chi connectivity index (χ0v) is 23.2. The molecule has 2 amide bonds. The van der Waals surface area contributed by atoms with E-state index in [-0.39, 0.29) is 12.5 Å². The number of carbonyl (C=O) groups excluding carboxylic acids is 3. The van der Waals surface area contributed by atoms with Gasteiger partial charge < -0.3 is 30.2 Å². The van der Waals surface area contributed by atoms with E-state index in [2.05, 4.69) is 16.0 Å². The van der Waals surface area contributed by atoms with E-state index in [1.165, 1.54) is 12.8 Å². The number of carbonyl (C=O) groups is 3. The molecule has 0 aliphatic carbocycles. The van der Waals surface area contributed by atoms with Crippen LogP contribution in [-0.4, -0.2) is 50.5 Å². The fourth-order valence-electron chi connectivity index (χ4n) is 3.50. The standard InChI is InChI=1S/C28H47N3O6/c1-28(2,3)37-26(33)31-20-19-30-25(32)14-12-10-8-6-5-7-9-11-13-21-35-27(34)36-22-23-15-17-24(29-4)18-16-23/h15-18,29H,5-14,19-22H2,1-4H3,(H,30,32)(H,31,33). The van der Waals surface area contributed by atoms with Gasteiger partial charge in [-0.05, 0) is 51.3 Å². The van der Waals surface area contributed by atoms with Gasteiger partial charge in [0.2, 0.25) is 5.91 Å². The van der Waals surface area contributed by atoms with Gasteiger partial charge in [-0.25, -0.2) is 9.59 Å². The van der Waals surface area contributed by atoms with Crippen LogP contribution in [0.4, 0.5) is 15.3 Å². The fourth-order valence-corrected chi connectivity index (χ4v) is 3.50. The summed E-state index contributed by atoms with van der Waals surface area (Å²) in [5.74, 6) is 0.0141. The molecule has 1 aromatic rings. The highest BCUT2D eigenvalue weighted by atomic mass is 16.7. The van der Waals surface area contributed by atoms with Crippen molar-refractivity contribution in [2.45, 2.75) is 97.2 Å². The van der Waals surface area contributed by atoms with Crippen LogP contribution < -0.4 is 16.0 Å². The van der Waals surface area contributed by atoms with Gasteiger partial charge in [-0.3, -0.25) is 4.79 Å². The second kappa shape index (κ2) is 19.2. The summed E-state index contributed by atoms with van der Waals surface area (Å²) in [5.41, 5.74) is 1.40. The number of rotatable bonds is 18. The SMILES string of the molecule is CNc1ccc(COC(=O)OCCCCCCCCCCCC(=O)NCCNC(=O)OC(C)(C)C)cc1. The Morgan fingerprint density at radius 2 is 1.32 bits per heavy atom. The molecule has 9 nitrogen and oxygen atoms in total. The molecule has 0 bridgehead atoms. The second-order valence-electron chi connectivity index (χ2n) is 10.0. The van der Waals surface area contributed by atoms with Crippen LogP contribution in [-0.2, 0) is 25.6 Å². The maximum atomic E-state index is 11.8. The van der Waals surface area contributed by atoms with E-state index in [9.17, 15) is 14.4 Å². The first-order valence-electron chi connectivity index (χ1n) is 13.5. The predicted molar refractivity (Wildman–Crippen MR) is 146 cm³/mol. The van der Waals surface area contributed by atoms with Gasteiger partial charge in [0.05, 0.1) is 6.61 Å². The number of nitrogens with one attached hydrogen (secondary N) is 3. The first kappa shape index (κ1) is 32.1. The van der Waals surface area contributed by atoms with Crippen molar-refractivity contribution in [3.63, 3.8) is 0 Å². The average molecular weight is 522 g/mol. The van der Waals surface area contributed by atoms with Gasteiger partial charge in [-0.2, -0.15) is 0 Å². The van der Waals surface area contributed by atoms with Gasteiger partial charge in [-0.15, -0.1) is 0 Å². The Kier molecular flexibility index (Phi) is 16.6. The van der Waals surface area contributed by atoms with E-state index in [4.69, 9.17) is 14.2 Å². The summed E-state index contributed by atoms with van der Waals surface area (Å²) < 4.78 is 15.4. The monoisotopic (exact) mass is 521 g/mol. The van der Waals surface area contributed by atoms with Crippen LogP contribution in [0, 0.1) is 0 Å². The molecule has 0 radical (unpaired) electrons. The van der Waals surface area contributed by atoms with Crippen LogP contribution in [0.1, 0.15) is 90.5 Å². The molecular weight excluding hydrogens is 474 g/mol. The topological polar surface area (TPSA) is 115 Å². The van der Waals surface area contributed by atoms with Crippen LogP contribution in [0.25, 0.3) is 0 Å². The zero-order valence-electron chi connectivity index (χ0n) is 23.2. The summed E-state index contributed by atoms with van der Waals surface area (Å²) in [7, 11) is 1.86. The molecule has 0 saturated carbocycles. The Balaban J connectivity index is 1.85. The lowest BCUT2D eigenvalue weighted by Gasteiger charge is -2.19. The minimum absolute atomic E-state index is 0.0141. The Morgan fingerprint density at radius 3 is 1.92 bits per heavy atom. The molecule has 0 unspecified atom stereocenters. The molecule has 3 N–H and O–H groups in total. The summed E-state index contributed by atoms with van der Waals surface area (Å²) in [6, 6.07) is 7.68. The van der Waals surface area contributed by atoms with Crippen LogP contribution in [0.5, 0.6) is 0 Å². The molecule has 0 heterocycles. The Morgan fingerprint density at radius 1 is 0.757 bits per heavy atom. The van der Waals surface area contributed by atoms with Crippen molar-refractivity contribution < 1.29 is 28.6 Å². The summed E-state index contributed by atoms with van der Waals surface area (Å²) in [5, 5.41) is 8.47. The largest absolute Gasteiger partial charge is 0.508 e. The van der Waals surface area contributed by atoms with E-state index >= 15 is 0 Å². The highest BCUT2D eigenvalue weighted by Gasteiger charge is 2.15. The van der Waals surface area contributed by atoms with Gasteiger partial charge in [0, 0.05) is 32.2 Å². The molecule has 0 spiro atoms. The van der Waals surface area contributed by atoms with E-state index in [1.807, 2.05) is 31.3 Å². The summed E-state index contributed by atoms with van der Waals surface area (Å²) >= 11 is 0. The lowest BCUT2D eigenvalue weighted by atomic mass is 10.1. The van der Waals surface area contributed by atoms with Gasteiger partial charge in [-0.1, -0.05) is 57.1 Å².